The van der Waals surface area contributed by atoms with Gasteiger partial charge in [0.15, 0.2) is 0 Å². The second-order valence-electron chi connectivity index (χ2n) is 2.72. The van der Waals surface area contributed by atoms with Crippen molar-refractivity contribution >= 4 is 15.9 Å². The van der Waals surface area contributed by atoms with E-state index in [-0.39, 0.29) is 0 Å². The highest BCUT2D eigenvalue weighted by Gasteiger charge is 2.05. The van der Waals surface area contributed by atoms with Crippen LogP contribution in [-0.2, 0) is 5.33 Å². The van der Waals surface area contributed by atoms with Gasteiger partial charge in [0.2, 0.25) is 0 Å². The molecule has 0 unspecified atom stereocenters. The smallest absolute Gasteiger partial charge is 0.123 e. The molecule has 0 radical (unpaired) electrons. The molecule has 0 aliphatic heterocycles. The van der Waals surface area contributed by atoms with Crippen LogP contribution in [0.25, 0.3) is 0 Å². The van der Waals surface area contributed by atoms with Crippen molar-refractivity contribution in [1.29, 1.82) is 5.26 Å². The SMILES string of the molecule is COc1cc(C)c(C#N)cc1CBr. The van der Waals surface area contributed by atoms with Gasteiger partial charge in [-0.25, -0.2) is 0 Å². The lowest BCUT2D eigenvalue weighted by molar-refractivity contribution is 0.411. The average Bonchev–Trinajstić information content (AvgIpc) is 2.17. The van der Waals surface area contributed by atoms with E-state index in [0.717, 1.165) is 16.9 Å². The van der Waals surface area contributed by atoms with Gasteiger partial charge >= 0.3 is 0 Å². The maximum atomic E-state index is 8.80. The molecule has 2 nitrogen and oxygen atoms in total. The van der Waals surface area contributed by atoms with E-state index in [2.05, 4.69) is 22.0 Å². The number of benzene rings is 1. The maximum Gasteiger partial charge on any atom is 0.123 e. The molecule has 1 aromatic carbocycles. The Bertz CT molecular complexity index is 355. The summed E-state index contributed by atoms with van der Waals surface area (Å²) in [5, 5.41) is 9.50. The molecular formula is C10H10BrNO. The second-order valence-corrected chi connectivity index (χ2v) is 3.29. The van der Waals surface area contributed by atoms with Crippen LogP contribution in [0.4, 0.5) is 0 Å². The van der Waals surface area contributed by atoms with Crippen LogP contribution in [-0.4, -0.2) is 7.11 Å². The molecule has 0 heterocycles. The van der Waals surface area contributed by atoms with Gasteiger partial charge in [0, 0.05) is 10.9 Å². The summed E-state index contributed by atoms with van der Waals surface area (Å²) in [4.78, 5) is 0. The van der Waals surface area contributed by atoms with Gasteiger partial charge in [-0.1, -0.05) is 15.9 Å². The molecule has 1 rings (SSSR count). The maximum absolute atomic E-state index is 8.80. The first-order chi connectivity index (χ1) is 6.22. The Morgan fingerprint density at radius 3 is 2.69 bits per heavy atom. The summed E-state index contributed by atoms with van der Waals surface area (Å²) < 4.78 is 5.18. The molecule has 0 spiro atoms. The molecule has 0 aliphatic carbocycles. The van der Waals surface area contributed by atoms with E-state index in [1.165, 1.54) is 0 Å². The molecular weight excluding hydrogens is 230 g/mol. The summed E-state index contributed by atoms with van der Waals surface area (Å²) in [6.45, 7) is 1.90. The highest BCUT2D eigenvalue weighted by molar-refractivity contribution is 9.08. The van der Waals surface area contributed by atoms with Gasteiger partial charge in [0.25, 0.3) is 0 Å². The van der Waals surface area contributed by atoms with E-state index in [1.807, 2.05) is 19.1 Å². The van der Waals surface area contributed by atoms with Crippen LogP contribution in [0.3, 0.4) is 0 Å². The highest BCUT2D eigenvalue weighted by atomic mass is 79.9. The molecule has 0 saturated carbocycles. The van der Waals surface area contributed by atoms with E-state index in [0.29, 0.717) is 10.9 Å². The fourth-order valence-corrected chi connectivity index (χ4v) is 1.58. The number of methoxy groups -OCH3 is 1. The van der Waals surface area contributed by atoms with Gasteiger partial charge in [0.05, 0.1) is 18.7 Å². The Balaban J connectivity index is 3.28. The molecule has 3 heteroatoms. The minimum atomic E-state index is 0.700. The van der Waals surface area contributed by atoms with Crippen molar-refractivity contribution in [3.8, 4) is 11.8 Å². The van der Waals surface area contributed by atoms with E-state index in [9.17, 15) is 0 Å². The Morgan fingerprint density at radius 1 is 1.54 bits per heavy atom. The van der Waals surface area contributed by atoms with Crippen LogP contribution < -0.4 is 4.74 Å². The molecule has 0 N–H and O–H groups in total. The number of ether oxygens (including phenoxy) is 1. The first-order valence-electron chi connectivity index (χ1n) is 3.86. The molecule has 0 aromatic heterocycles. The molecule has 0 saturated heterocycles. The van der Waals surface area contributed by atoms with Gasteiger partial charge < -0.3 is 4.74 Å². The number of alkyl halides is 1. The molecule has 13 heavy (non-hydrogen) atoms. The number of rotatable bonds is 2. The third-order valence-electron chi connectivity index (χ3n) is 1.89. The van der Waals surface area contributed by atoms with E-state index >= 15 is 0 Å². The lowest BCUT2D eigenvalue weighted by atomic mass is 10.1. The van der Waals surface area contributed by atoms with E-state index in [4.69, 9.17) is 10.00 Å². The summed E-state index contributed by atoms with van der Waals surface area (Å²) in [5.74, 6) is 0.827. The zero-order valence-electron chi connectivity index (χ0n) is 7.60. The van der Waals surface area contributed by atoms with E-state index < -0.39 is 0 Å². The fraction of sp³-hybridized carbons (Fsp3) is 0.300. The van der Waals surface area contributed by atoms with Crippen LogP contribution in [0.15, 0.2) is 12.1 Å². The topological polar surface area (TPSA) is 33.0 Å². The number of halogens is 1. The lowest BCUT2D eigenvalue weighted by Crippen LogP contribution is -1.93. The number of aryl methyl sites for hydroxylation is 1. The minimum absolute atomic E-state index is 0.700. The largest absolute Gasteiger partial charge is 0.496 e. The van der Waals surface area contributed by atoms with Crippen LogP contribution in [0, 0.1) is 18.3 Å². The third-order valence-corrected chi connectivity index (χ3v) is 2.50. The van der Waals surface area contributed by atoms with Gasteiger partial charge in [-0.3, -0.25) is 0 Å². The standard InChI is InChI=1S/C10H10BrNO/c1-7-3-10(13-2)8(5-11)4-9(7)6-12/h3-4H,5H2,1-2H3. The summed E-state index contributed by atoms with van der Waals surface area (Å²) in [5.41, 5.74) is 2.66. The monoisotopic (exact) mass is 239 g/mol. The number of hydrogen-bond acceptors (Lipinski definition) is 2. The summed E-state index contributed by atoms with van der Waals surface area (Å²) in [6.07, 6.45) is 0. The quantitative estimate of drug-likeness (QED) is 0.744. The van der Waals surface area contributed by atoms with Crippen molar-refractivity contribution in [3.63, 3.8) is 0 Å². The summed E-state index contributed by atoms with van der Waals surface area (Å²) >= 11 is 3.35. The molecule has 0 fully saturated rings. The van der Waals surface area contributed by atoms with Crippen LogP contribution in [0.1, 0.15) is 16.7 Å². The fourth-order valence-electron chi connectivity index (χ4n) is 1.14. The number of nitrogens with zero attached hydrogens (tertiary/aromatic N) is 1. The van der Waals surface area contributed by atoms with Crippen molar-refractivity contribution in [3.05, 3.63) is 28.8 Å². The molecule has 0 bridgehead atoms. The molecule has 1 aromatic rings. The Kier molecular flexibility index (Phi) is 3.32. The van der Waals surface area contributed by atoms with Gasteiger partial charge in [-0.2, -0.15) is 5.26 Å². The van der Waals surface area contributed by atoms with Crippen molar-refractivity contribution < 1.29 is 4.74 Å². The van der Waals surface area contributed by atoms with Crippen molar-refractivity contribution in [2.24, 2.45) is 0 Å². The Hall–Kier alpha value is -1.01. The molecule has 68 valence electrons. The normalized spacial score (nSPS) is 9.38. The predicted molar refractivity (Wildman–Crippen MR) is 55.1 cm³/mol. The van der Waals surface area contributed by atoms with Crippen molar-refractivity contribution in [1.82, 2.24) is 0 Å². The predicted octanol–water partition coefficient (Wildman–Crippen LogP) is 2.77. The van der Waals surface area contributed by atoms with Crippen LogP contribution in [0.5, 0.6) is 5.75 Å². The first-order valence-corrected chi connectivity index (χ1v) is 4.98. The Morgan fingerprint density at radius 2 is 2.23 bits per heavy atom. The lowest BCUT2D eigenvalue weighted by Gasteiger charge is -2.07. The number of nitriles is 1. The summed E-state index contributed by atoms with van der Waals surface area (Å²) in [6, 6.07) is 5.88. The van der Waals surface area contributed by atoms with Gasteiger partial charge in [-0.15, -0.1) is 0 Å². The summed E-state index contributed by atoms with van der Waals surface area (Å²) in [7, 11) is 1.63. The van der Waals surface area contributed by atoms with Gasteiger partial charge in [-0.05, 0) is 24.6 Å². The van der Waals surface area contributed by atoms with Crippen LogP contribution in [0.2, 0.25) is 0 Å². The average molecular weight is 240 g/mol. The second kappa shape index (κ2) is 4.29. The molecule has 0 aliphatic rings. The van der Waals surface area contributed by atoms with Crippen molar-refractivity contribution in [2.75, 3.05) is 7.11 Å². The number of hydrogen-bond donors (Lipinski definition) is 0. The highest BCUT2D eigenvalue weighted by Crippen LogP contribution is 2.24. The zero-order valence-corrected chi connectivity index (χ0v) is 9.18. The minimum Gasteiger partial charge on any atom is -0.496 e. The third kappa shape index (κ3) is 2.02. The van der Waals surface area contributed by atoms with Crippen molar-refractivity contribution in [2.45, 2.75) is 12.3 Å². The Labute approximate surface area is 86.3 Å². The zero-order chi connectivity index (χ0) is 9.84. The van der Waals surface area contributed by atoms with Gasteiger partial charge in [0.1, 0.15) is 5.75 Å². The van der Waals surface area contributed by atoms with Crippen LogP contribution >= 0.6 is 15.9 Å². The first kappa shape index (κ1) is 10.1. The molecule has 0 amide bonds. The molecule has 0 atom stereocenters. The van der Waals surface area contributed by atoms with E-state index in [1.54, 1.807) is 7.11 Å².